The standard InChI is InChI=1S/C16H18ClN5O/c1-11(8-9-18)21(3)16(23)19-15-10-12(2)22(20-15)14-7-5-4-6-13(14)17/h4-7,10-11H,8H2,1-3H3,(H,19,20,23)/t11-/m1/s1. The second-order valence-electron chi connectivity index (χ2n) is 5.29. The molecule has 0 bridgehead atoms. The van der Waals surface area contributed by atoms with Crippen LogP contribution in [0.25, 0.3) is 5.69 Å². The van der Waals surface area contributed by atoms with E-state index >= 15 is 0 Å². The van der Waals surface area contributed by atoms with Crippen molar-refractivity contribution < 1.29 is 4.79 Å². The molecule has 23 heavy (non-hydrogen) atoms. The number of nitriles is 1. The van der Waals surface area contributed by atoms with Crippen molar-refractivity contribution in [1.29, 1.82) is 5.26 Å². The van der Waals surface area contributed by atoms with Crippen molar-refractivity contribution >= 4 is 23.4 Å². The lowest BCUT2D eigenvalue weighted by atomic mass is 10.2. The SMILES string of the molecule is Cc1cc(NC(=O)N(C)[C@H](C)CC#N)nn1-c1ccccc1Cl. The lowest BCUT2D eigenvalue weighted by Gasteiger charge is -2.22. The minimum Gasteiger partial charge on any atom is -0.324 e. The van der Waals surface area contributed by atoms with Gasteiger partial charge in [0.15, 0.2) is 5.82 Å². The zero-order chi connectivity index (χ0) is 17.0. The number of benzene rings is 1. The van der Waals surface area contributed by atoms with E-state index in [-0.39, 0.29) is 18.5 Å². The quantitative estimate of drug-likeness (QED) is 0.930. The average molecular weight is 332 g/mol. The van der Waals surface area contributed by atoms with E-state index in [1.165, 1.54) is 4.90 Å². The number of rotatable bonds is 4. The van der Waals surface area contributed by atoms with Crippen molar-refractivity contribution in [3.63, 3.8) is 0 Å². The highest BCUT2D eigenvalue weighted by Crippen LogP contribution is 2.22. The molecule has 1 aromatic heterocycles. The molecule has 120 valence electrons. The molecule has 1 atom stereocenters. The van der Waals surface area contributed by atoms with Crippen LogP contribution in [-0.2, 0) is 0 Å². The maximum atomic E-state index is 12.2. The zero-order valence-corrected chi connectivity index (χ0v) is 14.0. The van der Waals surface area contributed by atoms with Crippen LogP contribution in [-0.4, -0.2) is 33.8 Å². The molecule has 0 saturated heterocycles. The summed E-state index contributed by atoms with van der Waals surface area (Å²) in [6.45, 7) is 3.70. The van der Waals surface area contributed by atoms with E-state index in [0.717, 1.165) is 11.4 Å². The summed E-state index contributed by atoms with van der Waals surface area (Å²) in [7, 11) is 1.65. The molecule has 1 aromatic carbocycles. The van der Waals surface area contributed by atoms with E-state index in [4.69, 9.17) is 16.9 Å². The Morgan fingerprint density at radius 2 is 2.22 bits per heavy atom. The van der Waals surface area contributed by atoms with E-state index in [1.54, 1.807) is 23.9 Å². The number of nitrogens with one attached hydrogen (secondary N) is 1. The molecule has 2 amide bonds. The van der Waals surface area contributed by atoms with Gasteiger partial charge in [-0.05, 0) is 26.0 Å². The number of carbonyl (C=O) groups is 1. The third-order valence-corrected chi connectivity index (χ3v) is 3.89. The Bertz CT molecular complexity index is 749. The highest BCUT2D eigenvalue weighted by molar-refractivity contribution is 6.32. The van der Waals surface area contributed by atoms with E-state index in [1.807, 2.05) is 32.0 Å². The van der Waals surface area contributed by atoms with Gasteiger partial charge < -0.3 is 4.90 Å². The zero-order valence-electron chi connectivity index (χ0n) is 13.2. The van der Waals surface area contributed by atoms with E-state index in [9.17, 15) is 4.79 Å². The van der Waals surface area contributed by atoms with Crippen LogP contribution in [0.2, 0.25) is 5.02 Å². The first-order valence-electron chi connectivity index (χ1n) is 7.16. The third kappa shape index (κ3) is 3.82. The van der Waals surface area contributed by atoms with Gasteiger partial charge in [-0.15, -0.1) is 5.10 Å². The van der Waals surface area contributed by atoms with Gasteiger partial charge in [-0.2, -0.15) is 5.26 Å². The third-order valence-electron chi connectivity index (χ3n) is 3.57. The van der Waals surface area contributed by atoms with Gasteiger partial charge in [0.05, 0.1) is 23.2 Å². The molecule has 2 rings (SSSR count). The molecule has 0 aliphatic heterocycles. The normalized spacial score (nSPS) is 11.6. The van der Waals surface area contributed by atoms with E-state index in [0.29, 0.717) is 10.8 Å². The summed E-state index contributed by atoms with van der Waals surface area (Å²) in [6, 6.07) is 10.7. The van der Waals surface area contributed by atoms with Crippen LogP contribution in [0.1, 0.15) is 19.0 Å². The molecule has 7 heteroatoms. The van der Waals surface area contributed by atoms with Gasteiger partial charge in [0.1, 0.15) is 0 Å². The first-order valence-corrected chi connectivity index (χ1v) is 7.54. The van der Waals surface area contributed by atoms with Gasteiger partial charge >= 0.3 is 6.03 Å². The first-order chi connectivity index (χ1) is 10.9. The summed E-state index contributed by atoms with van der Waals surface area (Å²) in [6.07, 6.45) is 0.275. The summed E-state index contributed by atoms with van der Waals surface area (Å²) in [5.74, 6) is 0.434. The fraction of sp³-hybridized carbons (Fsp3) is 0.312. The smallest absolute Gasteiger partial charge is 0.323 e. The summed E-state index contributed by atoms with van der Waals surface area (Å²) in [5.41, 5.74) is 1.60. The number of anilines is 1. The molecule has 0 aliphatic carbocycles. The first kappa shape index (κ1) is 16.8. The van der Waals surface area contributed by atoms with Crippen LogP contribution in [0.3, 0.4) is 0 Å². The number of hydrogen-bond acceptors (Lipinski definition) is 3. The highest BCUT2D eigenvalue weighted by atomic mass is 35.5. The number of carbonyl (C=O) groups excluding carboxylic acids is 1. The van der Waals surface area contributed by atoms with Crippen LogP contribution in [0.5, 0.6) is 0 Å². The summed E-state index contributed by atoms with van der Waals surface area (Å²) >= 11 is 6.19. The monoisotopic (exact) mass is 331 g/mol. The van der Waals surface area contributed by atoms with Crippen LogP contribution < -0.4 is 5.32 Å². The molecule has 0 aliphatic rings. The van der Waals surface area contributed by atoms with Crippen molar-refractivity contribution in [2.24, 2.45) is 0 Å². The lowest BCUT2D eigenvalue weighted by Crippen LogP contribution is -2.38. The van der Waals surface area contributed by atoms with Crippen molar-refractivity contribution in [1.82, 2.24) is 14.7 Å². The Balaban J connectivity index is 2.18. The molecular formula is C16H18ClN5O. The van der Waals surface area contributed by atoms with Crippen LogP contribution in [0.15, 0.2) is 30.3 Å². The fourth-order valence-corrected chi connectivity index (χ4v) is 2.29. The maximum absolute atomic E-state index is 12.2. The maximum Gasteiger partial charge on any atom is 0.323 e. The number of nitrogens with zero attached hydrogens (tertiary/aromatic N) is 4. The number of urea groups is 1. The summed E-state index contributed by atoms with van der Waals surface area (Å²) < 4.78 is 1.68. The highest BCUT2D eigenvalue weighted by Gasteiger charge is 2.17. The van der Waals surface area contributed by atoms with Crippen molar-refractivity contribution in [2.75, 3.05) is 12.4 Å². The van der Waals surface area contributed by atoms with Gasteiger partial charge in [-0.25, -0.2) is 9.48 Å². The molecule has 0 saturated carbocycles. The summed E-state index contributed by atoms with van der Waals surface area (Å²) in [4.78, 5) is 13.7. The van der Waals surface area contributed by atoms with Crippen molar-refractivity contribution in [3.05, 3.63) is 41.0 Å². The predicted octanol–water partition coefficient (Wildman–Crippen LogP) is 3.60. The van der Waals surface area contributed by atoms with Crippen molar-refractivity contribution in [3.8, 4) is 11.8 Å². The van der Waals surface area contributed by atoms with Crippen LogP contribution >= 0.6 is 11.6 Å². The Morgan fingerprint density at radius 1 is 1.52 bits per heavy atom. The Kier molecular flexibility index (Phi) is 5.24. The number of para-hydroxylation sites is 1. The molecular weight excluding hydrogens is 314 g/mol. The van der Waals surface area contributed by atoms with Crippen LogP contribution in [0, 0.1) is 18.3 Å². The number of aromatic nitrogens is 2. The second-order valence-corrected chi connectivity index (χ2v) is 5.69. The second kappa shape index (κ2) is 7.16. The number of aryl methyl sites for hydroxylation is 1. The molecule has 1 N–H and O–H groups in total. The lowest BCUT2D eigenvalue weighted by molar-refractivity contribution is 0.208. The Labute approximate surface area is 140 Å². The molecule has 2 aromatic rings. The minimum atomic E-state index is -0.309. The van der Waals surface area contributed by atoms with E-state index < -0.39 is 0 Å². The molecule has 0 fully saturated rings. The average Bonchev–Trinajstić information content (AvgIpc) is 2.87. The predicted molar refractivity (Wildman–Crippen MR) is 89.8 cm³/mol. The van der Waals surface area contributed by atoms with Gasteiger partial charge in [-0.1, -0.05) is 23.7 Å². The van der Waals surface area contributed by atoms with Gasteiger partial charge in [0, 0.05) is 24.8 Å². The van der Waals surface area contributed by atoms with Crippen LogP contribution in [0.4, 0.5) is 10.6 Å². The largest absolute Gasteiger partial charge is 0.324 e. The Hall–Kier alpha value is -2.52. The number of halogens is 1. The Morgan fingerprint density at radius 3 is 2.87 bits per heavy atom. The number of amides is 2. The molecule has 0 spiro atoms. The molecule has 0 radical (unpaired) electrons. The van der Waals surface area contributed by atoms with Gasteiger partial charge in [-0.3, -0.25) is 5.32 Å². The fourth-order valence-electron chi connectivity index (χ4n) is 2.07. The van der Waals surface area contributed by atoms with Gasteiger partial charge in [0.2, 0.25) is 0 Å². The summed E-state index contributed by atoms with van der Waals surface area (Å²) in [5, 5.41) is 16.4. The molecule has 6 nitrogen and oxygen atoms in total. The van der Waals surface area contributed by atoms with Gasteiger partial charge in [0.25, 0.3) is 0 Å². The molecule has 0 unspecified atom stereocenters. The minimum absolute atomic E-state index is 0.174. The topological polar surface area (TPSA) is 74.0 Å². The van der Waals surface area contributed by atoms with E-state index in [2.05, 4.69) is 16.5 Å². The molecule has 1 heterocycles. The van der Waals surface area contributed by atoms with Crippen molar-refractivity contribution in [2.45, 2.75) is 26.3 Å². The number of hydrogen-bond donors (Lipinski definition) is 1.